The lowest BCUT2D eigenvalue weighted by Crippen LogP contribution is -2.48. The monoisotopic (exact) mass is 369 g/mol. The molecule has 0 spiro atoms. The summed E-state index contributed by atoms with van der Waals surface area (Å²) in [7, 11) is -3.11. The van der Waals surface area contributed by atoms with E-state index in [0.29, 0.717) is 16.6 Å². The summed E-state index contributed by atoms with van der Waals surface area (Å²) in [5.41, 5.74) is -0.135. The van der Waals surface area contributed by atoms with Gasteiger partial charge in [-0.05, 0) is 32.8 Å². The second-order valence-electron chi connectivity index (χ2n) is 6.59. The van der Waals surface area contributed by atoms with E-state index in [4.69, 9.17) is 0 Å². The fourth-order valence-electron chi connectivity index (χ4n) is 3.02. The Morgan fingerprint density at radius 1 is 1.46 bits per heavy atom. The number of fused-ring (bicyclic) bond motifs is 1. The summed E-state index contributed by atoms with van der Waals surface area (Å²) in [5, 5.41) is 3.30. The van der Waals surface area contributed by atoms with Crippen LogP contribution < -0.4 is 10.9 Å². The number of sulfone groups is 1. The minimum atomic E-state index is -3.11. The van der Waals surface area contributed by atoms with Crippen LogP contribution in [0.1, 0.15) is 23.8 Å². The molecule has 3 rings (SSSR count). The van der Waals surface area contributed by atoms with Crippen molar-refractivity contribution in [3.05, 3.63) is 27.1 Å². The summed E-state index contributed by atoms with van der Waals surface area (Å²) in [6.07, 6.45) is 1.75. The smallest absolute Gasteiger partial charge is 0.262 e. The molecule has 1 aliphatic rings. The zero-order valence-electron chi connectivity index (χ0n) is 13.7. The van der Waals surface area contributed by atoms with Crippen molar-refractivity contribution >= 4 is 37.3 Å². The molecular formula is C15H19N3O4S2. The average molecular weight is 369 g/mol. The van der Waals surface area contributed by atoms with Crippen LogP contribution in [0.5, 0.6) is 0 Å². The first-order valence-electron chi connectivity index (χ1n) is 7.57. The Morgan fingerprint density at radius 2 is 2.17 bits per heavy atom. The number of aryl methyl sites for hydroxylation is 2. The van der Waals surface area contributed by atoms with Crippen LogP contribution in [-0.2, 0) is 21.2 Å². The maximum atomic E-state index is 12.6. The molecule has 2 aromatic rings. The van der Waals surface area contributed by atoms with Gasteiger partial charge in [0, 0.05) is 4.88 Å². The lowest BCUT2D eigenvalue weighted by Gasteiger charge is -2.24. The topological polar surface area (TPSA) is 98.1 Å². The van der Waals surface area contributed by atoms with Gasteiger partial charge < -0.3 is 5.32 Å². The zero-order chi connectivity index (χ0) is 17.7. The van der Waals surface area contributed by atoms with Gasteiger partial charge in [0.2, 0.25) is 5.91 Å². The van der Waals surface area contributed by atoms with Crippen LogP contribution in [0, 0.1) is 13.8 Å². The lowest BCUT2D eigenvalue weighted by molar-refractivity contribution is -0.123. The molecule has 1 amide bonds. The molecule has 0 bridgehead atoms. The highest BCUT2D eigenvalue weighted by molar-refractivity contribution is 7.91. The molecule has 24 heavy (non-hydrogen) atoms. The SMILES string of the molecule is Cc1sc2ncn(CC(=O)N[C@@]3(C)CCS(=O)(=O)C3)c(=O)c2c1C. The molecule has 0 aromatic carbocycles. The Kier molecular flexibility index (Phi) is 4.03. The van der Waals surface area contributed by atoms with Crippen molar-refractivity contribution in [2.24, 2.45) is 0 Å². The summed E-state index contributed by atoms with van der Waals surface area (Å²) in [5.74, 6) is -0.381. The summed E-state index contributed by atoms with van der Waals surface area (Å²) < 4.78 is 24.5. The van der Waals surface area contributed by atoms with Crippen LogP contribution in [0.15, 0.2) is 11.1 Å². The highest BCUT2D eigenvalue weighted by Crippen LogP contribution is 2.25. The number of thiophene rings is 1. The Balaban J connectivity index is 1.83. The summed E-state index contributed by atoms with van der Waals surface area (Å²) in [6.45, 7) is 5.34. The van der Waals surface area contributed by atoms with E-state index in [0.717, 1.165) is 10.4 Å². The quantitative estimate of drug-likeness (QED) is 0.862. The van der Waals surface area contributed by atoms with E-state index in [9.17, 15) is 18.0 Å². The molecule has 0 unspecified atom stereocenters. The van der Waals surface area contributed by atoms with Crippen molar-refractivity contribution in [3.63, 3.8) is 0 Å². The number of carbonyl (C=O) groups excluding carboxylic acids is 1. The van der Waals surface area contributed by atoms with Crippen LogP contribution >= 0.6 is 11.3 Å². The van der Waals surface area contributed by atoms with Gasteiger partial charge in [0.05, 0.1) is 28.8 Å². The molecular weight excluding hydrogens is 350 g/mol. The molecule has 2 aromatic heterocycles. The third kappa shape index (κ3) is 3.10. The molecule has 130 valence electrons. The first-order chi connectivity index (χ1) is 11.1. The van der Waals surface area contributed by atoms with E-state index in [1.807, 2.05) is 13.8 Å². The maximum Gasteiger partial charge on any atom is 0.262 e. The number of aromatic nitrogens is 2. The molecule has 0 saturated carbocycles. The van der Waals surface area contributed by atoms with Crippen molar-refractivity contribution in [1.29, 1.82) is 0 Å². The average Bonchev–Trinajstić information content (AvgIpc) is 2.90. The first kappa shape index (κ1) is 17.1. The fraction of sp³-hybridized carbons (Fsp3) is 0.533. The molecule has 1 aliphatic heterocycles. The number of nitrogens with one attached hydrogen (secondary N) is 1. The molecule has 1 N–H and O–H groups in total. The highest BCUT2D eigenvalue weighted by Gasteiger charge is 2.39. The number of hydrogen-bond donors (Lipinski definition) is 1. The predicted octanol–water partition coefficient (Wildman–Crippen LogP) is 0.768. The Labute approximate surface area is 143 Å². The van der Waals surface area contributed by atoms with Crippen molar-refractivity contribution in [1.82, 2.24) is 14.9 Å². The molecule has 3 heterocycles. The maximum absolute atomic E-state index is 12.6. The lowest BCUT2D eigenvalue weighted by atomic mass is 10.0. The van der Waals surface area contributed by atoms with E-state index >= 15 is 0 Å². The fourth-order valence-corrected chi connectivity index (χ4v) is 6.10. The minimum Gasteiger partial charge on any atom is -0.348 e. The van der Waals surface area contributed by atoms with Crippen molar-refractivity contribution in [2.45, 2.75) is 39.3 Å². The molecule has 7 nitrogen and oxygen atoms in total. The molecule has 1 saturated heterocycles. The van der Waals surface area contributed by atoms with Crippen LogP contribution in [0.4, 0.5) is 0 Å². The molecule has 1 fully saturated rings. The van der Waals surface area contributed by atoms with E-state index < -0.39 is 15.4 Å². The van der Waals surface area contributed by atoms with Gasteiger partial charge in [0.15, 0.2) is 9.84 Å². The number of hydrogen-bond acceptors (Lipinski definition) is 6. The van der Waals surface area contributed by atoms with Crippen molar-refractivity contribution in [2.75, 3.05) is 11.5 Å². The molecule has 0 radical (unpaired) electrons. The number of nitrogens with zero attached hydrogens (tertiary/aromatic N) is 2. The van der Waals surface area contributed by atoms with Gasteiger partial charge in [-0.25, -0.2) is 13.4 Å². The van der Waals surface area contributed by atoms with Crippen LogP contribution in [-0.4, -0.2) is 40.9 Å². The number of rotatable bonds is 3. The molecule has 9 heteroatoms. The second-order valence-corrected chi connectivity index (χ2v) is 9.98. The van der Waals surface area contributed by atoms with E-state index in [2.05, 4.69) is 10.3 Å². The molecule has 1 atom stereocenters. The van der Waals surface area contributed by atoms with Gasteiger partial charge in [-0.3, -0.25) is 14.2 Å². The van der Waals surface area contributed by atoms with E-state index in [-0.39, 0.29) is 29.5 Å². The van der Waals surface area contributed by atoms with E-state index in [1.165, 1.54) is 22.2 Å². The van der Waals surface area contributed by atoms with Crippen LogP contribution in [0.3, 0.4) is 0 Å². The van der Waals surface area contributed by atoms with Crippen molar-refractivity contribution < 1.29 is 13.2 Å². The summed E-state index contributed by atoms with van der Waals surface area (Å²) in [6, 6.07) is 0. The van der Waals surface area contributed by atoms with Crippen LogP contribution in [0.2, 0.25) is 0 Å². The van der Waals surface area contributed by atoms with Gasteiger partial charge in [0.1, 0.15) is 11.4 Å². The number of amides is 1. The normalized spacial score (nSPS) is 22.8. The van der Waals surface area contributed by atoms with Gasteiger partial charge in [-0.2, -0.15) is 0 Å². The van der Waals surface area contributed by atoms with Crippen LogP contribution in [0.25, 0.3) is 10.2 Å². The van der Waals surface area contributed by atoms with Gasteiger partial charge >= 0.3 is 0 Å². The Hall–Kier alpha value is -1.74. The predicted molar refractivity (Wildman–Crippen MR) is 93.2 cm³/mol. The zero-order valence-corrected chi connectivity index (χ0v) is 15.4. The van der Waals surface area contributed by atoms with Crippen molar-refractivity contribution in [3.8, 4) is 0 Å². The summed E-state index contributed by atoms with van der Waals surface area (Å²) in [4.78, 5) is 30.8. The van der Waals surface area contributed by atoms with E-state index in [1.54, 1.807) is 6.92 Å². The minimum absolute atomic E-state index is 0.0687. The Bertz CT molecular complexity index is 990. The Morgan fingerprint density at radius 3 is 2.79 bits per heavy atom. The number of carbonyl (C=O) groups is 1. The highest BCUT2D eigenvalue weighted by atomic mass is 32.2. The first-order valence-corrected chi connectivity index (χ1v) is 10.2. The summed E-state index contributed by atoms with van der Waals surface area (Å²) >= 11 is 1.45. The third-order valence-corrected chi connectivity index (χ3v) is 7.43. The molecule has 0 aliphatic carbocycles. The standard InChI is InChI=1S/C15H19N3O4S2/c1-9-10(2)23-13-12(9)14(20)18(8-16-13)6-11(19)17-15(3)4-5-24(21,22)7-15/h8H,4-7H2,1-3H3,(H,17,19)/t15-/m0/s1. The third-order valence-electron chi connectivity index (χ3n) is 4.41. The van der Waals surface area contributed by atoms with Gasteiger partial charge in [0.25, 0.3) is 5.56 Å². The second kappa shape index (κ2) is 5.66. The largest absolute Gasteiger partial charge is 0.348 e. The van der Waals surface area contributed by atoms with Gasteiger partial charge in [-0.15, -0.1) is 11.3 Å². The van der Waals surface area contributed by atoms with Gasteiger partial charge in [-0.1, -0.05) is 0 Å².